The number of aryl methyl sites for hydroxylation is 1. The Labute approximate surface area is 105 Å². The summed E-state index contributed by atoms with van der Waals surface area (Å²) in [7, 11) is 1.64. The second-order valence-corrected chi connectivity index (χ2v) is 4.89. The van der Waals surface area contributed by atoms with Gasteiger partial charge in [-0.05, 0) is 18.6 Å². The van der Waals surface area contributed by atoms with Gasteiger partial charge in [-0.25, -0.2) is 4.98 Å². The number of para-hydroxylation sites is 1. The van der Waals surface area contributed by atoms with Crippen molar-refractivity contribution in [1.29, 1.82) is 0 Å². The number of hydrogen-bond donors (Lipinski definition) is 1. The molecule has 2 rings (SSSR count). The molecule has 1 aromatic heterocycles. The van der Waals surface area contributed by atoms with Crippen LogP contribution in [0.3, 0.4) is 0 Å². The summed E-state index contributed by atoms with van der Waals surface area (Å²) in [6.45, 7) is 1.93. The molecule has 90 valence electrons. The van der Waals surface area contributed by atoms with Gasteiger partial charge < -0.3 is 9.84 Å². The zero-order valence-corrected chi connectivity index (χ0v) is 10.7. The Morgan fingerprint density at radius 2 is 2.18 bits per heavy atom. The Hall–Kier alpha value is -1.39. The normalized spacial score (nSPS) is 12.4. The van der Waals surface area contributed by atoms with Crippen molar-refractivity contribution in [1.82, 2.24) is 4.98 Å². The largest absolute Gasteiger partial charge is 0.496 e. The third kappa shape index (κ3) is 2.84. The Balaban J connectivity index is 2.15. The van der Waals surface area contributed by atoms with Gasteiger partial charge in [-0.15, -0.1) is 11.3 Å². The standard InChI is InChI=1S/C13H15NO2S/c1-9-14-11(8-17-9)12(15)7-10-5-3-4-6-13(10)16-2/h3-6,8,12,15H,7H2,1-2H3. The van der Waals surface area contributed by atoms with Gasteiger partial charge >= 0.3 is 0 Å². The molecule has 0 fully saturated rings. The van der Waals surface area contributed by atoms with Gasteiger partial charge in [0.15, 0.2) is 0 Å². The first kappa shape index (κ1) is 12.1. The molecule has 1 aromatic carbocycles. The van der Waals surface area contributed by atoms with E-state index in [4.69, 9.17) is 4.74 Å². The molecule has 2 aromatic rings. The average Bonchev–Trinajstić information content (AvgIpc) is 2.77. The molecule has 17 heavy (non-hydrogen) atoms. The molecule has 0 aliphatic heterocycles. The monoisotopic (exact) mass is 249 g/mol. The highest BCUT2D eigenvalue weighted by molar-refractivity contribution is 7.09. The van der Waals surface area contributed by atoms with Gasteiger partial charge in [-0.2, -0.15) is 0 Å². The number of thiazole rings is 1. The zero-order valence-electron chi connectivity index (χ0n) is 9.88. The molecule has 3 nitrogen and oxygen atoms in total. The van der Waals surface area contributed by atoms with Crippen LogP contribution in [0.2, 0.25) is 0 Å². The van der Waals surface area contributed by atoms with Crippen molar-refractivity contribution in [2.24, 2.45) is 0 Å². The van der Waals surface area contributed by atoms with Crippen molar-refractivity contribution in [2.75, 3.05) is 7.11 Å². The van der Waals surface area contributed by atoms with E-state index < -0.39 is 6.10 Å². The van der Waals surface area contributed by atoms with E-state index >= 15 is 0 Å². The number of aromatic nitrogens is 1. The Morgan fingerprint density at radius 3 is 2.82 bits per heavy atom. The molecule has 0 bridgehead atoms. The molecule has 0 amide bonds. The van der Waals surface area contributed by atoms with E-state index in [0.717, 1.165) is 22.0 Å². The second kappa shape index (κ2) is 5.29. The van der Waals surface area contributed by atoms with Crippen LogP contribution >= 0.6 is 11.3 Å². The van der Waals surface area contributed by atoms with Crippen molar-refractivity contribution in [3.63, 3.8) is 0 Å². The van der Waals surface area contributed by atoms with Gasteiger partial charge in [-0.1, -0.05) is 18.2 Å². The molecule has 0 aliphatic carbocycles. The minimum atomic E-state index is -0.573. The third-order valence-corrected chi connectivity index (χ3v) is 3.38. The van der Waals surface area contributed by atoms with E-state index in [9.17, 15) is 5.11 Å². The van der Waals surface area contributed by atoms with Gasteiger partial charge in [-0.3, -0.25) is 0 Å². The number of methoxy groups -OCH3 is 1. The molecule has 1 unspecified atom stereocenters. The van der Waals surface area contributed by atoms with E-state index in [1.54, 1.807) is 18.4 Å². The molecule has 0 saturated heterocycles. The number of hydrogen-bond acceptors (Lipinski definition) is 4. The van der Waals surface area contributed by atoms with Crippen molar-refractivity contribution in [2.45, 2.75) is 19.4 Å². The van der Waals surface area contributed by atoms with Crippen LogP contribution in [0.4, 0.5) is 0 Å². The summed E-state index contributed by atoms with van der Waals surface area (Å²) in [5.74, 6) is 0.804. The van der Waals surface area contributed by atoms with Gasteiger partial charge in [0.05, 0.1) is 17.8 Å². The number of rotatable bonds is 4. The lowest BCUT2D eigenvalue weighted by Crippen LogP contribution is -2.03. The maximum atomic E-state index is 10.1. The quantitative estimate of drug-likeness (QED) is 0.906. The highest BCUT2D eigenvalue weighted by atomic mass is 32.1. The Morgan fingerprint density at radius 1 is 1.41 bits per heavy atom. The van der Waals surface area contributed by atoms with E-state index in [1.807, 2.05) is 36.6 Å². The molecule has 1 N–H and O–H groups in total. The topological polar surface area (TPSA) is 42.4 Å². The summed E-state index contributed by atoms with van der Waals surface area (Å²) >= 11 is 1.55. The SMILES string of the molecule is COc1ccccc1CC(O)c1csc(C)n1. The first-order valence-electron chi connectivity index (χ1n) is 5.42. The molecule has 0 radical (unpaired) electrons. The van der Waals surface area contributed by atoms with Crippen molar-refractivity contribution in [3.8, 4) is 5.75 Å². The number of aliphatic hydroxyl groups is 1. The summed E-state index contributed by atoms with van der Waals surface area (Å²) in [5, 5.41) is 13.0. The molecular formula is C13H15NO2S. The minimum Gasteiger partial charge on any atom is -0.496 e. The average molecular weight is 249 g/mol. The fourth-order valence-corrected chi connectivity index (χ4v) is 2.38. The Bertz CT molecular complexity index is 496. The number of aliphatic hydroxyl groups excluding tert-OH is 1. The second-order valence-electron chi connectivity index (χ2n) is 3.82. The minimum absolute atomic E-state index is 0.521. The molecule has 1 heterocycles. The highest BCUT2D eigenvalue weighted by Gasteiger charge is 2.13. The lowest BCUT2D eigenvalue weighted by molar-refractivity contribution is 0.173. The van der Waals surface area contributed by atoms with E-state index in [0.29, 0.717) is 6.42 Å². The number of benzene rings is 1. The summed E-state index contributed by atoms with van der Waals surface area (Å²) in [6.07, 6.45) is -0.0519. The fourth-order valence-electron chi connectivity index (χ4n) is 1.72. The third-order valence-electron chi connectivity index (χ3n) is 2.58. The molecule has 0 aliphatic rings. The maximum Gasteiger partial charge on any atom is 0.122 e. The predicted molar refractivity (Wildman–Crippen MR) is 68.5 cm³/mol. The molecular weight excluding hydrogens is 234 g/mol. The van der Waals surface area contributed by atoms with Crippen LogP contribution in [0.5, 0.6) is 5.75 Å². The van der Waals surface area contributed by atoms with Crippen molar-refractivity contribution < 1.29 is 9.84 Å². The molecule has 0 spiro atoms. The molecule has 1 atom stereocenters. The van der Waals surface area contributed by atoms with Gasteiger partial charge in [0.2, 0.25) is 0 Å². The number of nitrogens with zero attached hydrogens (tertiary/aromatic N) is 1. The van der Waals surface area contributed by atoms with Crippen LogP contribution in [-0.2, 0) is 6.42 Å². The van der Waals surface area contributed by atoms with Crippen molar-refractivity contribution in [3.05, 3.63) is 45.9 Å². The summed E-state index contributed by atoms with van der Waals surface area (Å²) in [6, 6.07) is 7.72. The lowest BCUT2D eigenvalue weighted by Gasteiger charge is -2.11. The predicted octanol–water partition coefficient (Wildman–Crippen LogP) is 2.74. The van der Waals surface area contributed by atoms with Crippen LogP contribution < -0.4 is 4.74 Å². The smallest absolute Gasteiger partial charge is 0.122 e. The number of ether oxygens (including phenoxy) is 1. The summed E-state index contributed by atoms with van der Waals surface area (Å²) in [4.78, 5) is 4.29. The van der Waals surface area contributed by atoms with Gasteiger partial charge in [0.25, 0.3) is 0 Å². The van der Waals surface area contributed by atoms with Crippen LogP contribution in [0.1, 0.15) is 22.4 Å². The zero-order chi connectivity index (χ0) is 12.3. The van der Waals surface area contributed by atoms with Gasteiger partial charge in [0.1, 0.15) is 11.9 Å². The Kier molecular flexibility index (Phi) is 3.76. The highest BCUT2D eigenvalue weighted by Crippen LogP contribution is 2.25. The van der Waals surface area contributed by atoms with E-state index in [1.165, 1.54) is 0 Å². The van der Waals surface area contributed by atoms with Crippen LogP contribution in [0.25, 0.3) is 0 Å². The van der Waals surface area contributed by atoms with Crippen LogP contribution in [-0.4, -0.2) is 17.2 Å². The van der Waals surface area contributed by atoms with Crippen molar-refractivity contribution >= 4 is 11.3 Å². The fraction of sp³-hybridized carbons (Fsp3) is 0.308. The molecule has 4 heteroatoms. The maximum absolute atomic E-state index is 10.1. The first-order valence-corrected chi connectivity index (χ1v) is 6.30. The summed E-state index contributed by atoms with van der Waals surface area (Å²) in [5.41, 5.74) is 1.73. The lowest BCUT2D eigenvalue weighted by atomic mass is 10.1. The van der Waals surface area contributed by atoms with E-state index in [2.05, 4.69) is 4.98 Å². The van der Waals surface area contributed by atoms with Crippen LogP contribution in [0, 0.1) is 6.92 Å². The van der Waals surface area contributed by atoms with E-state index in [-0.39, 0.29) is 0 Å². The molecule has 0 saturated carbocycles. The summed E-state index contributed by atoms with van der Waals surface area (Å²) < 4.78 is 5.26. The first-order chi connectivity index (χ1) is 8.20. The van der Waals surface area contributed by atoms with Gasteiger partial charge in [0, 0.05) is 11.8 Å². The van der Waals surface area contributed by atoms with Crippen LogP contribution in [0.15, 0.2) is 29.6 Å².